The number of oxazole rings is 1. The molecule has 2 aromatic carbocycles. The second kappa shape index (κ2) is 8.94. The van der Waals surface area contributed by atoms with Gasteiger partial charge >= 0.3 is 0 Å². The highest BCUT2D eigenvalue weighted by Crippen LogP contribution is 2.28. The highest BCUT2D eigenvalue weighted by molar-refractivity contribution is 5.94. The number of carbonyl (C=O) groups is 2. The lowest BCUT2D eigenvalue weighted by molar-refractivity contribution is -0.130. The first-order valence-electron chi connectivity index (χ1n) is 11.3. The lowest BCUT2D eigenvalue weighted by Gasteiger charge is -2.25. The summed E-state index contributed by atoms with van der Waals surface area (Å²) >= 11 is 0. The van der Waals surface area contributed by atoms with Gasteiger partial charge in [0.1, 0.15) is 11.6 Å². The van der Waals surface area contributed by atoms with Crippen LogP contribution >= 0.6 is 0 Å². The number of nitrogens with zero attached hydrogens (tertiary/aromatic N) is 2. The van der Waals surface area contributed by atoms with Crippen molar-refractivity contribution in [2.75, 3.05) is 13.7 Å². The largest absolute Gasteiger partial charge is 0.436 e. The minimum absolute atomic E-state index is 0.0400. The van der Waals surface area contributed by atoms with E-state index < -0.39 is 5.82 Å². The van der Waals surface area contributed by atoms with Crippen LogP contribution in [0.25, 0.3) is 22.6 Å². The molecular formula is C25H26FN3O4. The van der Waals surface area contributed by atoms with E-state index in [2.05, 4.69) is 10.3 Å². The molecule has 3 aromatic rings. The molecule has 5 rings (SSSR count). The van der Waals surface area contributed by atoms with E-state index in [4.69, 9.17) is 9.15 Å². The van der Waals surface area contributed by atoms with Gasteiger partial charge in [-0.05, 0) is 68.5 Å². The molecular weight excluding hydrogens is 425 g/mol. The van der Waals surface area contributed by atoms with Gasteiger partial charge in [-0.2, -0.15) is 0 Å². The Morgan fingerprint density at radius 2 is 1.94 bits per heavy atom. The second-order valence-electron chi connectivity index (χ2n) is 8.77. The number of aromatic nitrogens is 1. The van der Waals surface area contributed by atoms with E-state index in [1.165, 1.54) is 6.07 Å². The molecule has 2 heterocycles. The van der Waals surface area contributed by atoms with Crippen molar-refractivity contribution in [3.63, 3.8) is 0 Å². The zero-order valence-electron chi connectivity index (χ0n) is 18.4. The maximum absolute atomic E-state index is 13.9. The zero-order chi connectivity index (χ0) is 22.9. The maximum atomic E-state index is 13.9. The number of carbonyl (C=O) groups excluding carboxylic acids is 2. The van der Waals surface area contributed by atoms with Gasteiger partial charge in [-0.1, -0.05) is 6.07 Å². The molecule has 2 amide bonds. The van der Waals surface area contributed by atoms with Crippen LogP contribution in [-0.2, 0) is 9.53 Å². The number of para-hydroxylation sites is 1. The van der Waals surface area contributed by atoms with E-state index in [0.717, 1.165) is 32.1 Å². The van der Waals surface area contributed by atoms with E-state index in [-0.39, 0.29) is 35.5 Å². The normalized spacial score (nSPS) is 22.5. The number of fused-ring (bicyclic) bond motifs is 1. The molecule has 7 nitrogen and oxygen atoms in total. The van der Waals surface area contributed by atoms with Gasteiger partial charge in [0, 0.05) is 36.9 Å². The Balaban J connectivity index is 1.22. The molecule has 3 unspecified atom stereocenters. The van der Waals surface area contributed by atoms with Crippen LogP contribution < -0.4 is 5.32 Å². The van der Waals surface area contributed by atoms with Gasteiger partial charge in [0.15, 0.2) is 11.4 Å². The molecule has 33 heavy (non-hydrogen) atoms. The first-order valence-corrected chi connectivity index (χ1v) is 11.3. The minimum Gasteiger partial charge on any atom is -0.436 e. The lowest BCUT2D eigenvalue weighted by atomic mass is 10.1. The summed E-state index contributed by atoms with van der Waals surface area (Å²) in [5.74, 6) is -0.246. The molecule has 172 valence electrons. The third-order valence-corrected chi connectivity index (χ3v) is 6.59. The van der Waals surface area contributed by atoms with Crippen LogP contribution in [0.15, 0.2) is 46.9 Å². The standard InChI is InChI=1S/C25H26FN3O4/c1-29(18-12-11-17(14-18)27-23(30)21-6-3-13-32-21)25(31)16-9-7-15(8-10-16)24-28-22-19(26)4-2-5-20(22)33-24/h2,4-5,7-10,17-18,21H,3,6,11-14H2,1H3,(H,27,30). The number of halogens is 1. The summed E-state index contributed by atoms with van der Waals surface area (Å²) in [6.45, 7) is 0.644. The molecule has 0 spiro atoms. The van der Waals surface area contributed by atoms with Crippen molar-refractivity contribution in [3.8, 4) is 11.5 Å². The van der Waals surface area contributed by atoms with Crippen molar-refractivity contribution in [1.29, 1.82) is 0 Å². The number of rotatable bonds is 5. The Kier molecular flexibility index (Phi) is 5.85. The third-order valence-electron chi connectivity index (χ3n) is 6.59. The van der Waals surface area contributed by atoms with E-state index >= 15 is 0 Å². The first kappa shape index (κ1) is 21.6. The molecule has 0 radical (unpaired) electrons. The summed E-state index contributed by atoms with van der Waals surface area (Å²) in [6.07, 6.45) is 3.77. The number of hydrogen-bond acceptors (Lipinski definition) is 5. The van der Waals surface area contributed by atoms with Crippen molar-refractivity contribution in [1.82, 2.24) is 15.2 Å². The van der Waals surface area contributed by atoms with Crippen LogP contribution in [-0.4, -0.2) is 53.5 Å². The summed E-state index contributed by atoms with van der Waals surface area (Å²) in [5, 5.41) is 3.08. The topological polar surface area (TPSA) is 84.7 Å². The molecule has 1 N–H and O–H groups in total. The number of nitrogens with one attached hydrogen (secondary N) is 1. The molecule has 1 aromatic heterocycles. The summed E-state index contributed by atoms with van der Waals surface area (Å²) in [4.78, 5) is 31.3. The molecule has 2 aliphatic rings. The summed E-state index contributed by atoms with van der Waals surface area (Å²) in [7, 11) is 1.80. The van der Waals surface area contributed by atoms with Crippen molar-refractivity contribution < 1.29 is 23.1 Å². The van der Waals surface area contributed by atoms with E-state index in [1.54, 1.807) is 48.3 Å². The van der Waals surface area contributed by atoms with Gasteiger partial charge in [0.2, 0.25) is 11.8 Å². The van der Waals surface area contributed by atoms with Gasteiger partial charge in [-0.15, -0.1) is 0 Å². The predicted octanol–water partition coefficient (Wildman–Crippen LogP) is 3.92. The molecule has 1 aliphatic carbocycles. The molecule has 3 atom stereocenters. The van der Waals surface area contributed by atoms with Crippen molar-refractivity contribution in [3.05, 3.63) is 53.8 Å². The highest BCUT2D eigenvalue weighted by atomic mass is 19.1. The van der Waals surface area contributed by atoms with Crippen molar-refractivity contribution in [2.45, 2.75) is 50.3 Å². The summed E-state index contributed by atoms with van der Waals surface area (Å²) < 4.78 is 25.0. The molecule has 8 heteroatoms. The quantitative estimate of drug-likeness (QED) is 0.636. The van der Waals surface area contributed by atoms with E-state index in [1.807, 2.05) is 0 Å². The average Bonchev–Trinajstić information content (AvgIpc) is 3.59. The second-order valence-corrected chi connectivity index (χ2v) is 8.77. The molecule has 0 bridgehead atoms. The van der Waals surface area contributed by atoms with Crippen molar-refractivity contribution in [2.24, 2.45) is 0 Å². The lowest BCUT2D eigenvalue weighted by Crippen LogP contribution is -2.41. The Hall–Kier alpha value is -3.26. The van der Waals surface area contributed by atoms with Gasteiger partial charge in [-0.25, -0.2) is 9.37 Å². The average molecular weight is 451 g/mol. The van der Waals surface area contributed by atoms with Crippen LogP contribution in [0.3, 0.4) is 0 Å². The fourth-order valence-electron chi connectivity index (χ4n) is 4.68. The number of amides is 2. The fourth-order valence-corrected chi connectivity index (χ4v) is 4.68. The van der Waals surface area contributed by atoms with Crippen LogP contribution in [0.5, 0.6) is 0 Å². The van der Waals surface area contributed by atoms with Crippen LogP contribution in [0, 0.1) is 5.82 Å². The van der Waals surface area contributed by atoms with Crippen LogP contribution in [0.2, 0.25) is 0 Å². The Morgan fingerprint density at radius 3 is 2.67 bits per heavy atom. The zero-order valence-corrected chi connectivity index (χ0v) is 18.4. The predicted molar refractivity (Wildman–Crippen MR) is 120 cm³/mol. The van der Waals surface area contributed by atoms with Crippen LogP contribution in [0.4, 0.5) is 4.39 Å². The number of benzene rings is 2. The smallest absolute Gasteiger partial charge is 0.253 e. The highest BCUT2D eigenvalue weighted by Gasteiger charge is 2.33. The molecule has 1 aliphatic heterocycles. The fraction of sp³-hybridized carbons (Fsp3) is 0.400. The Morgan fingerprint density at radius 1 is 1.12 bits per heavy atom. The summed E-state index contributed by atoms with van der Waals surface area (Å²) in [5.41, 5.74) is 1.79. The minimum atomic E-state index is -0.433. The van der Waals surface area contributed by atoms with Gasteiger partial charge in [0.25, 0.3) is 5.91 Å². The summed E-state index contributed by atoms with van der Waals surface area (Å²) in [6, 6.07) is 11.7. The number of ether oxygens (including phenoxy) is 1. The van der Waals surface area contributed by atoms with Crippen molar-refractivity contribution >= 4 is 22.9 Å². The molecule has 1 saturated carbocycles. The Labute approximate surface area is 190 Å². The van der Waals surface area contributed by atoms with E-state index in [9.17, 15) is 14.0 Å². The monoisotopic (exact) mass is 451 g/mol. The Bertz CT molecular complexity index is 1170. The maximum Gasteiger partial charge on any atom is 0.253 e. The molecule has 2 fully saturated rings. The third kappa shape index (κ3) is 4.35. The number of hydrogen-bond donors (Lipinski definition) is 1. The van der Waals surface area contributed by atoms with Gasteiger partial charge in [0.05, 0.1) is 0 Å². The first-order chi connectivity index (χ1) is 16.0. The molecule has 1 saturated heterocycles. The van der Waals surface area contributed by atoms with Crippen LogP contribution in [0.1, 0.15) is 42.5 Å². The SMILES string of the molecule is CN(C(=O)c1ccc(-c2nc3c(F)cccc3o2)cc1)C1CCC(NC(=O)C2CCCO2)C1. The van der Waals surface area contributed by atoms with Gasteiger partial charge < -0.3 is 19.4 Å². The van der Waals surface area contributed by atoms with E-state index in [0.29, 0.717) is 29.2 Å². The van der Waals surface area contributed by atoms with Gasteiger partial charge in [-0.3, -0.25) is 9.59 Å².